The first-order valence-electron chi connectivity index (χ1n) is 18.5. The number of benzene rings is 1. The average Bonchev–Trinajstić information content (AvgIpc) is 3.17. The summed E-state index contributed by atoms with van der Waals surface area (Å²) < 4.78 is 373. The van der Waals surface area contributed by atoms with E-state index >= 15 is 0 Å². The van der Waals surface area contributed by atoms with Crippen LogP contribution in [0.5, 0.6) is 17.2 Å². The fraction of sp³-hybridized carbons (Fsp3) is 0.794. The first kappa shape index (κ1) is 62.1. The Bertz CT molecular complexity index is 1700. The predicted octanol–water partition coefficient (Wildman–Crippen LogP) is 11.8. The van der Waals surface area contributed by atoms with Gasteiger partial charge in [0.2, 0.25) is 5.75 Å². The Hall–Kier alpha value is -3.88. The van der Waals surface area contributed by atoms with Crippen LogP contribution in [0.3, 0.4) is 0 Å². The number of carbonyl (C=O) groups is 1. The van der Waals surface area contributed by atoms with Gasteiger partial charge in [-0.05, 0) is 50.7 Å². The number of amides is 1. The summed E-state index contributed by atoms with van der Waals surface area (Å²) in [5.41, 5.74) is -0.805. The lowest BCUT2D eigenvalue weighted by atomic mass is 9.99. The maximum absolute atomic E-state index is 14.0. The number of ether oxygens (including phenoxy) is 3. The van der Waals surface area contributed by atoms with Crippen LogP contribution in [0.25, 0.3) is 0 Å². The molecule has 0 bridgehead atoms. The molecule has 0 aliphatic rings. The fourth-order valence-electron chi connectivity index (χ4n) is 5.02. The SMILES string of the molecule is O=C(NCC(O)CO)c1cc(OCCCCC(F)(F)C(F)(F)C(F)(F)C(F)(F)F)c(OCCCCC(F)(F)C(F)(F)C(F)(F)C(F)(F)F)c(OCCCCC(F)(F)C(F)(F)C(F)(F)C(F)(F)F)c1. The van der Waals surface area contributed by atoms with Crippen LogP contribution in [0, 0.1) is 0 Å². The molecule has 0 aliphatic carbocycles. The maximum atomic E-state index is 14.0. The van der Waals surface area contributed by atoms with Gasteiger partial charge in [0.15, 0.2) is 11.5 Å². The Morgan fingerprint density at radius 1 is 0.456 bits per heavy atom. The molecule has 7 nitrogen and oxygen atoms in total. The maximum Gasteiger partial charge on any atom is 0.460 e. The van der Waals surface area contributed by atoms with Crippen LogP contribution in [-0.2, 0) is 0 Å². The number of halogens is 27. The summed E-state index contributed by atoms with van der Waals surface area (Å²) in [5.74, 6) is -65.8. The van der Waals surface area contributed by atoms with Crippen molar-refractivity contribution in [1.82, 2.24) is 5.32 Å². The van der Waals surface area contributed by atoms with E-state index in [1.165, 1.54) is 0 Å². The Kier molecular flexibility index (Phi) is 19.8. The monoisotopic (exact) mass is 1070 g/mol. The second-order valence-corrected chi connectivity index (χ2v) is 14.3. The van der Waals surface area contributed by atoms with E-state index in [-0.39, 0.29) is 0 Å². The predicted molar refractivity (Wildman–Crippen MR) is 173 cm³/mol. The number of alkyl halides is 27. The van der Waals surface area contributed by atoms with Crippen molar-refractivity contribution in [3.8, 4) is 17.2 Å². The van der Waals surface area contributed by atoms with Gasteiger partial charge in [-0.3, -0.25) is 4.79 Å². The zero-order valence-electron chi connectivity index (χ0n) is 33.4. The van der Waals surface area contributed by atoms with Crippen molar-refractivity contribution in [2.45, 2.75) is 136 Å². The fourth-order valence-corrected chi connectivity index (χ4v) is 5.02. The summed E-state index contributed by atoms with van der Waals surface area (Å²) in [6.07, 6.45) is -38.0. The number of aliphatic hydroxyl groups excluding tert-OH is 2. The highest BCUT2D eigenvalue weighted by Crippen LogP contribution is 2.57. The highest BCUT2D eigenvalue weighted by Gasteiger charge is 2.83. The molecule has 0 fully saturated rings. The number of carbonyl (C=O) groups excluding carboxylic acids is 1. The molecule has 0 radical (unpaired) electrons. The smallest absolute Gasteiger partial charge is 0.460 e. The van der Waals surface area contributed by atoms with Gasteiger partial charge in [0.1, 0.15) is 0 Å². The molecular weight excluding hydrogens is 1030 g/mol. The van der Waals surface area contributed by atoms with Crippen LogP contribution in [0.1, 0.15) is 68.1 Å². The molecule has 1 amide bonds. The third-order valence-corrected chi connectivity index (χ3v) is 9.04. The number of rotatable bonds is 28. The lowest BCUT2D eigenvalue weighted by Gasteiger charge is -2.33. The summed E-state index contributed by atoms with van der Waals surface area (Å²) >= 11 is 0. The minimum absolute atomic E-state index is 0.507. The van der Waals surface area contributed by atoms with Gasteiger partial charge in [0.25, 0.3) is 5.91 Å². The van der Waals surface area contributed by atoms with Crippen LogP contribution < -0.4 is 19.5 Å². The summed E-state index contributed by atoms with van der Waals surface area (Å²) in [7, 11) is 0. The Balaban J connectivity index is 3.57. The number of aliphatic hydroxyl groups is 2. The van der Waals surface area contributed by atoms with E-state index in [0.29, 0.717) is 12.1 Å². The minimum Gasteiger partial charge on any atom is -0.490 e. The highest BCUT2D eigenvalue weighted by molar-refractivity contribution is 5.95. The number of hydrogen-bond acceptors (Lipinski definition) is 6. The molecular formula is C34H34F27NO6. The first-order valence-corrected chi connectivity index (χ1v) is 18.5. The van der Waals surface area contributed by atoms with Crippen molar-refractivity contribution in [2.24, 2.45) is 0 Å². The largest absolute Gasteiger partial charge is 0.490 e. The van der Waals surface area contributed by atoms with E-state index in [4.69, 9.17) is 19.3 Å². The van der Waals surface area contributed by atoms with Gasteiger partial charge in [0, 0.05) is 31.4 Å². The second-order valence-electron chi connectivity index (χ2n) is 14.3. The van der Waals surface area contributed by atoms with Crippen molar-refractivity contribution >= 4 is 5.91 Å². The van der Waals surface area contributed by atoms with E-state index in [1.54, 1.807) is 0 Å². The van der Waals surface area contributed by atoms with Crippen LogP contribution >= 0.6 is 0 Å². The Morgan fingerprint density at radius 2 is 0.735 bits per heavy atom. The van der Waals surface area contributed by atoms with Gasteiger partial charge in [0.05, 0.1) is 32.5 Å². The van der Waals surface area contributed by atoms with Gasteiger partial charge in [-0.1, -0.05) is 0 Å². The molecule has 1 aromatic rings. The van der Waals surface area contributed by atoms with E-state index in [1.807, 2.05) is 5.32 Å². The van der Waals surface area contributed by atoms with Crippen LogP contribution in [0.2, 0.25) is 0 Å². The molecule has 1 aromatic carbocycles. The molecule has 3 N–H and O–H groups in total. The van der Waals surface area contributed by atoms with Gasteiger partial charge < -0.3 is 29.7 Å². The number of nitrogens with one attached hydrogen (secondary N) is 1. The zero-order chi connectivity index (χ0) is 53.6. The number of hydrogen-bond donors (Lipinski definition) is 3. The molecule has 1 unspecified atom stereocenters. The third kappa shape index (κ3) is 13.5. The van der Waals surface area contributed by atoms with E-state index in [2.05, 4.69) is 0 Å². The lowest BCUT2D eigenvalue weighted by Crippen LogP contribution is -2.60. The molecule has 400 valence electrons. The summed E-state index contributed by atoms with van der Waals surface area (Å²) in [6, 6.07) is 1.01. The molecule has 0 aliphatic heterocycles. The topological polar surface area (TPSA) is 97.3 Å². The van der Waals surface area contributed by atoms with Gasteiger partial charge in [-0.25, -0.2) is 0 Å². The van der Waals surface area contributed by atoms with Gasteiger partial charge >= 0.3 is 71.8 Å². The van der Waals surface area contributed by atoms with Gasteiger partial charge in [-0.2, -0.15) is 119 Å². The summed E-state index contributed by atoms with van der Waals surface area (Å²) in [6.45, 7) is -5.34. The molecule has 0 saturated heterocycles. The molecule has 1 atom stereocenters. The van der Waals surface area contributed by atoms with E-state index < -0.39 is 197 Å². The van der Waals surface area contributed by atoms with Crippen molar-refractivity contribution < 1.29 is 148 Å². The normalized spacial score (nSPS) is 15.1. The Labute approximate surface area is 363 Å². The molecule has 68 heavy (non-hydrogen) atoms. The van der Waals surface area contributed by atoms with Crippen LogP contribution in [0.15, 0.2) is 12.1 Å². The summed E-state index contributed by atoms with van der Waals surface area (Å²) in [5, 5.41) is 20.4. The van der Waals surface area contributed by atoms with Gasteiger partial charge in [-0.15, -0.1) is 0 Å². The molecule has 0 spiro atoms. The lowest BCUT2D eigenvalue weighted by molar-refractivity contribution is -0.396. The minimum atomic E-state index is -7.29. The van der Waals surface area contributed by atoms with E-state index in [0.717, 1.165) is 0 Å². The molecule has 34 heteroatoms. The first-order chi connectivity index (χ1) is 30.3. The highest BCUT2D eigenvalue weighted by atomic mass is 19.4. The molecule has 1 rings (SSSR count). The standard InChI is InChI=1S/C34H34F27NO6/c35-23(36,26(41,42)29(47,48)32(53,54)55)7-1-4-10-66-19-13-17(22(65)62-15-18(64)16-63)14-20(67-11-5-2-8-24(37,38)27(43,44)30(49,50)33(56,57)58)21(19)68-12-6-3-9-25(39,40)28(45,46)31(51,52)34(59,60)61/h13-14,18,63-64H,1-12,15-16H2,(H,62,65). The molecule has 0 saturated carbocycles. The second kappa shape index (κ2) is 21.6. The number of unbranched alkanes of at least 4 members (excludes halogenated alkanes) is 3. The van der Waals surface area contributed by atoms with Crippen LogP contribution in [0.4, 0.5) is 119 Å². The molecule has 0 aromatic heterocycles. The summed E-state index contributed by atoms with van der Waals surface area (Å²) in [4.78, 5) is 12.8. The van der Waals surface area contributed by atoms with Crippen molar-refractivity contribution in [3.63, 3.8) is 0 Å². The van der Waals surface area contributed by atoms with Crippen LogP contribution in [-0.4, -0.2) is 127 Å². The van der Waals surface area contributed by atoms with Crippen molar-refractivity contribution in [1.29, 1.82) is 0 Å². The van der Waals surface area contributed by atoms with Crippen molar-refractivity contribution in [3.05, 3.63) is 17.7 Å². The van der Waals surface area contributed by atoms with E-state index in [9.17, 15) is 128 Å². The van der Waals surface area contributed by atoms with Crippen molar-refractivity contribution in [2.75, 3.05) is 33.0 Å². The molecule has 0 heterocycles. The zero-order valence-corrected chi connectivity index (χ0v) is 33.4. The average molecular weight is 1070 g/mol. The Morgan fingerprint density at radius 3 is 1.00 bits per heavy atom. The quantitative estimate of drug-likeness (QED) is 0.0571. The third-order valence-electron chi connectivity index (χ3n) is 9.04.